The third kappa shape index (κ3) is 5.45. The SMILES string of the molecule is CCc1ccc(OCCc2nnc(NC(=O)c3ccc(OC)c(OC)c3)s2)cc1. The van der Waals surface area contributed by atoms with E-state index >= 15 is 0 Å². The third-order valence-corrected chi connectivity index (χ3v) is 5.15. The van der Waals surface area contributed by atoms with E-state index in [1.165, 1.54) is 24.0 Å². The van der Waals surface area contributed by atoms with Crippen molar-refractivity contribution in [3.05, 3.63) is 58.6 Å². The van der Waals surface area contributed by atoms with Crippen LogP contribution in [0.4, 0.5) is 5.13 Å². The molecule has 29 heavy (non-hydrogen) atoms. The summed E-state index contributed by atoms with van der Waals surface area (Å²) in [6.07, 6.45) is 1.61. The first-order valence-electron chi connectivity index (χ1n) is 9.20. The zero-order valence-corrected chi connectivity index (χ0v) is 17.4. The van der Waals surface area contributed by atoms with Crippen LogP contribution in [0, 0.1) is 0 Å². The van der Waals surface area contributed by atoms with E-state index in [1.54, 1.807) is 25.3 Å². The molecule has 152 valence electrons. The van der Waals surface area contributed by atoms with Gasteiger partial charge in [-0.3, -0.25) is 10.1 Å². The van der Waals surface area contributed by atoms with Crippen LogP contribution in [0.1, 0.15) is 27.9 Å². The van der Waals surface area contributed by atoms with Crippen molar-refractivity contribution in [3.8, 4) is 17.2 Å². The summed E-state index contributed by atoms with van der Waals surface area (Å²) in [7, 11) is 3.07. The molecule has 0 atom stereocenters. The monoisotopic (exact) mass is 413 g/mol. The lowest BCUT2D eigenvalue weighted by Gasteiger charge is -2.08. The molecule has 0 saturated carbocycles. The number of hydrogen-bond acceptors (Lipinski definition) is 7. The predicted octanol–water partition coefficient (Wildman–Crippen LogP) is 3.99. The van der Waals surface area contributed by atoms with Crippen LogP contribution in [-0.2, 0) is 12.8 Å². The number of nitrogens with zero attached hydrogens (tertiary/aromatic N) is 2. The normalized spacial score (nSPS) is 10.4. The zero-order chi connectivity index (χ0) is 20.6. The van der Waals surface area contributed by atoms with Gasteiger partial charge in [-0.15, -0.1) is 10.2 Å². The molecule has 8 heteroatoms. The van der Waals surface area contributed by atoms with Crippen molar-refractivity contribution in [1.29, 1.82) is 0 Å². The second-order valence-corrected chi connectivity index (χ2v) is 7.18. The summed E-state index contributed by atoms with van der Waals surface area (Å²) in [5.74, 6) is 1.59. The van der Waals surface area contributed by atoms with Gasteiger partial charge in [-0.25, -0.2) is 0 Å². The molecular formula is C21H23N3O4S. The van der Waals surface area contributed by atoms with Crippen molar-refractivity contribution in [2.75, 3.05) is 26.1 Å². The van der Waals surface area contributed by atoms with E-state index in [2.05, 4.69) is 34.6 Å². The van der Waals surface area contributed by atoms with Gasteiger partial charge in [0.25, 0.3) is 5.91 Å². The van der Waals surface area contributed by atoms with Gasteiger partial charge in [0.2, 0.25) is 5.13 Å². The number of benzene rings is 2. The van der Waals surface area contributed by atoms with Crippen LogP contribution in [0.15, 0.2) is 42.5 Å². The van der Waals surface area contributed by atoms with Crippen molar-refractivity contribution < 1.29 is 19.0 Å². The van der Waals surface area contributed by atoms with E-state index in [0.717, 1.165) is 17.2 Å². The number of aryl methyl sites for hydroxylation is 1. The maximum Gasteiger partial charge on any atom is 0.257 e. The minimum Gasteiger partial charge on any atom is -0.493 e. The average Bonchev–Trinajstić information content (AvgIpc) is 3.20. The van der Waals surface area contributed by atoms with Crippen LogP contribution in [0.2, 0.25) is 0 Å². The van der Waals surface area contributed by atoms with Gasteiger partial charge in [0, 0.05) is 12.0 Å². The summed E-state index contributed by atoms with van der Waals surface area (Å²) in [6, 6.07) is 13.0. The third-order valence-electron chi connectivity index (χ3n) is 4.25. The molecule has 1 aromatic heterocycles. The fraction of sp³-hybridized carbons (Fsp3) is 0.286. The van der Waals surface area contributed by atoms with E-state index < -0.39 is 0 Å². The van der Waals surface area contributed by atoms with E-state index in [-0.39, 0.29) is 5.91 Å². The van der Waals surface area contributed by atoms with Gasteiger partial charge in [0.1, 0.15) is 10.8 Å². The number of aromatic nitrogens is 2. The van der Waals surface area contributed by atoms with Crippen LogP contribution in [0.5, 0.6) is 17.2 Å². The molecule has 0 bridgehead atoms. The number of amides is 1. The second-order valence-electron chi connectivity index (χ2n) is 6.12. The maximum absolute atomic E-state index is 12.4. The Morgan fingerprint density at radius 2 is 1.79 bits per heavy atom. The molecule has 1 heterocycles. The first-order valence-corrected chi connectivity index (χ1v) is 10.0. The summed E-state index contributed by atoms with van der Waals surface area (Å²) in [6.45, 7) is 2.61. The van der Waals surface area contributed by atoms with E-state index in [0.29, 0.717) is 35.2 Å². The molecule has 2 aromatic carbocycles. The molecule has 0 aliphatic rings. The summed E-state index contributed by atoms with van der Waals surface area (Å²) in [5, 5.41) is 12.1. The molecule has 0 spiro atoms. The Morgan fingerprint density at radius 1 is 1.03 bits per heavy atom. The fourth-order valence-electron chi connectivity index (χ4n) is 2.63. The summed E-state index contributed by atoms with van der Waals surface area (Å²) in [5.41, 5.74) is 1.72. The summed E-state index contributed by atoms with van der Waals surface area (Å²) in [4.78, 5) is 12.4. The first-order chi connectivity index (χ1) is 14.1. The summed E-state index contributed by atoms with van der Waals surface area (Å²) >= 11 is 1.32. The molecule has 0 saturated heterocycles. The zero-order valence-electron chi connectivity index (χ0n) is 16.6. The minimum atomic E-state index is -0.291. The molecule has 0 unspecified atom stereocenters. The van der Waals surface area contributed by atoms with Gasteiger partial charge >= 0.3 is 0 Å². The lowest BCUT2D eigenvalue weighted by molar-refractivity contribution is 0.102. The van der Waals surface area contributed by atoms with Crippen molar-refractivity contribution >= 4 is 22.4 Å². The smallest absolute Gasteiger partial charge is 0.257 e. The lowest BCUT2D eigenvalue weighted by atomic mass is 10.2. The molecule has 0 aliphatic carbocycles. The van der Waals surface area contributed by atoms with E-state index in [9.17, 15) is 4.79 Å². The molecule has 0 aliphatic heterocycles. The standard InChI is InChI=1S/C21H23N3O4S/c1-4-14-5-8-16(9-6-14)28-12-11-19-23-24-21(29-19)22-20(25)15-7-10-17(26-2)18(13-15)27-3/h5-10,13H,4,11-12H2,1-3H3,(H,22,24,25). The number of nitrogens with one attached hydrogen (secondary N) is 1. The number of carbonyl (C=O) groups is 1. The largest absolute Gasteiger partial charge is 0.493 e. The van der Waals surface area contributed by atoms with Crippen LogP contribution in [0.3, 0.4) is 0 Å². The van der Waals surface area contributed by atoms with Crippen LogP contribution < -0.4 is 19.5 Å². The molecule has 0 radical (unpaired) electrons. The highest BCUT2D eigenvalue weighted by atomic mass is 32.1. The number of methoxy groups -OCH3 is 2. The van der Waals surface area contributed by atoms with E-state index in [1.807, 2.05) is 12.1 Å². The quantitative estimate of drug-likeness (QED) is 0.571. The minimum absolute atomic E-state index is 0.291. The van der Waals surface area contributed by atoms with E-state index in [4.69, 9.17) is 14.2 Å². The van der Waals surface area contributed by atoms with Gasteiger partial charge in [-0.2, -0.15) is 0 Å². The molecule has 1 amide bonds. The summed E-state index contributed by atoms with van der Waals surface area (Å²) < 4.78 is 16.2. The highest BCUT2D eigenvalue weighted by Crippen LogP contribution is 2.28. The van der Waals surface area contributed by atoms with Gasteiger partial charge in [0.05, 0.1) is 20.8 Å². The highest BCUT2D eigenvalue weighted by Gasteiger charge is 2.13. The van der Waals surface area contributed by atoms with Crippen molar-refractivity contribution in [3.63, 3.8) is 0 Å². The Hall–Kier alpha value is -3.13. The molecule has 1 N–H and O–H groups in total. The molecule has 7 nitrogen and oxygen atoms in total. The Morgan fingerprint density at radius 3 is 2.48 bits per heavy atom. The van der Waals surface area contributed by atoms with Crippen molar-refractivity contribution in [2.45, 2.75) is 19.8 Å². The molecular weight excluding hydrogens is 390 g/mol. The number of rotatable bonds is 9. The van der Waals surface area contributed by atoms with Gasteiger partial charge in [0.15, 0.2) is 11.5 Å². The van der Waals surface area contributed by atoms with Crippen LogP contribution in [-0.4, -0.2) is 36.9 Å². The average molecular weight is 413 g/mol. The first kappa shape index (κ1) is 20.6. The van der Waals surface area contributed by atoms with Gasteiger partial charge in [-0.1, -0.05) is 30.4 Å². The number of anilines is 1. The predicted molar refractivity (Wildman–Crippen MR) is 112 cm³/mol. The Labute approximate surface area is 173 Å². The Balaban J connectivity index is 1.53. The Kier molecular flexibility index (Phi) is 7.02. The fourth-order valence-corrected chi connectivity index (χ4v) is 3.35. The van der Waals surface area contributed by atoms with Gasteiger partial charge in [-0.05, 0) is 42.3 Å². The number of carbonyl (C=O) groups excluding carboxylic acids is 1. The van der Waals surface area contributed by atoms with Crippen LogP contribution >= 0.6 is 11.3 Å². The molecule has 3 aromatic rings. The maximum atomic E-state index is 12.4. The van der Waals surface area contributed by atoms with Crippen molar-refractivity contribution in [2.24, 2.45) is 0 Å². The Bertz CT molecular complexity index is 957. The second kappa shape index (κ2) is 9.88. The molecule has 3 rings (SSSR count). The van der Waals surface area contributed by atoms with Gasteiger partial charge < -0.3 is 14.2 Å². The number of ether oxygens (including phenoxy) is 3. The molecule has 0 fully saturated rings. The topological polar surface area (TPSA) is 82.6 Å². The highest BCUT2D eigenvalue weighted by molar-refractivity contribution is 7.15. The number of hydrogen-bond donors (Lipinski definition) is 1. The lowest BCUT2D eigenvalue weighted by Crippen LogP contribution is -2.12. The van der Waals surface area contributed by atoms with Crippen molar-refractivity contribution in [1.82, 2.24) is 10.2 Å². The van der Waals surface area contributed by atoms with Crippen LogP contribution in [0.25, 0.3) is 0 Å².